The topological polar surface area (TPSA) is 38.7 Å². The van der Waals surface area contributed by atoms with Gasteiger partial charge < -0.3 is 14.6 Å². The summed E-state index contributed by atoms with van der Waals surface area (Å²) < 4.78 is 11.0. The maximum absolute atomic E-state index is 9.78. The number of ether oxygens (including phenoxy) is 2. The average Bonchev–Trinajstić information content (AvgIpc) is 2.36. The minimum absolute atomic E-state index is 0.275. The van der Waals surface area contributed by atoms with Crippen molar-refractivity contribution in [2.45, 2.75) is 45.1 Å². The molecule has 0 fully saturated rings. The molecule has 0 aliphatic rings. The van der Waals surface area contributed by atoms with Crippen LogP contribution in [0.1, 0.15) is 12.0 Å². The van der Waals surface area contributed by atoms with E-state index in [1.54, 1.807) is 0 Å². The highest BCUT2D eigenvalue weighted by Crippen LogP contribution is 2.12. The van der Waals surface area contributed by atoms with Crippen LogP contribution in [-0.2, 0) is 4.74 Å². The Bertz CT molecular complexity index is 370. The summed E-state index contributed by atoms with van der Waals surface area (Å²) in [5.74, 6) is 0.786. The zero-order valence-corrected chi connectivity index (χ0v) is 14.2. The normalized spacial score (nSPS) is 13.2. The summed E-state index contributed by atoms with van der Waals surface area (Å²) in [4.78, 5) is 0. The van der Waals surface area contributed by atoms with Crippen LogP contribution in [0.15, 0.2) is 24.3 Å². The molecule has 0 amide bonds. The summed E-state index contributed by atoms with van der Waals surface area (Å²) in [7, 11) is -0.966. The molecule has 0 saturated carbocycles. The van der Waals surface area contributed by atoms with E-state index in [1.807, 2.05) is 31.2 Å². The summed E-state index contributed by atoms with van der Waals surface area (Å²) in [6.07, 6.45) is 0.518. The number of rotatable bonds is 9. The smallest absolute Gasteiger partial charge is 0.119 e. The van der Waals surface area contributed by atoms with Crippen LogP contribution in [-0.4, -0.2) is 39.1 Å². The molecule has 1 rings (SSSR count). The van der Waals surface area contributed by atoms with Crippen LogP contribution in [0.2, 0.25) is 25.7 Å². The second kappa shape index (κ2) is 8.45. The molecule has 1 aromatic rings. The number of hydrogen-bond acceptors (Lipinski definition) is 3. The highest BCUT2D eigenvalue weighted by Gasteiger charge is 2.12. The van der Waals surface area contributed by atoms with Crippen LogP contribution in [0.4, 0.5) is 0 Å². The monoisotopic (exact) mass is 296 g/mol. The number of aryl methyl sites for hydroxylation is 1. The average molecular weight is 296 g/mol. The fourth-order valence-electron chi connectivity index (χ4n) is 1.80. The SMILES string of the molecule is Cc1ccc(OCC(O)COCCC[Si](C)(C)C)cc1. The molecule has 3 nitrogen and oxygen atoms in total. The van der Waals surface area contributed by atoms with Crippen LogP contribution in [0, 0.1) is 6.92 Å². The lowest BCUT2D eigenvalue weighted by molar-refractivity contribution is 0.0123. The maximum Gasteiger partial charge on any atom is 0.119 e. The molecule has 0 bridgehead atoms. The quantitative estimate of drug-likeness (QED) is 0.560. The van der Waals surface area contributed by atoms with Gasteiger partial charge in [-0.3, -0.25) is 0 Å². The van der Waals surface area contributed by atoms with E-state index >= 15 is 0 Å². The van der Waals surface area contributed by atoms with Gasteiger partial charge in [0, 0.05) is 14.7 Å². The van der Waals surface area contributed by atoms with E-state index in [2.05, 4.69) is 19.6 Å². The highest BCUT2D eigenvalue weighted by atomic mass is 28.3. The predicted molar refractivity (Wildman–Crippen MR) is 86.3 cm³/mol. The number of aliphatic hydroxyl groups is 1. The molecule has 0 saturated heterocycles. The van der Waals surface area contributed by atoms with Crippen molar-refractivity contribution in [1.29, 1.82) is 0 Å². The molecule has 1 aromatic carbocycles. The Kier molecular flexibility index (Phi) is 7.27. The molecule has 1 atom stereocenters. The van der Waals surface area contributed by atoms with Crippen LogP contribution < -0.4 is 4.74 Å². The lowest BCUT2D eigenvalue weighted by Crippen LogP contribution is -2.24. The van der Waals surface area contributed by atoms with Gasteiger partial charge in [0.1, 0.15) is 18.5 Å². The van der Waals surface area contributed by atoms with Crippen molar-refractivity contribution < 1.29 is 14.6 Å². The minimum atomic E-state index is -0.966. The molecule has 0 aliphatic carbocycles. The fourth-order valence-corrected chi connectivity index (χ4v) is 3.00. The Balaban J connectivity index is 2.08. The molecule has 20 heavy (non-hydrogen) atoms. The standard InChI is InChI=1S/C16H28O3Si/c1-14-6-8-16(9-7-14)19-13-15(17)12-18-10-5-11-20(2,3)4/h6-9,15,17H,5,10-13H2,1-4H3. The summed E-state index contributed by atoms with van der Waals surface area (Å²) in [5.41, 5.74) is 1.20. The summed E-state index contributed by atoms with van der Waals surface area (Å²) >= 11 is 0. The molecule has 1 N–H and O–H groups in total. The number of benzene rings is 1. The second-order valence-electron chi connectivity index (χ2n) is 6.52. The summed E-state index contributed by atoms with van der Waals surface area (Å²) in [6.45, 7) is 10.5. The third-order valence-electron chi connectivity index (χ3n) is 2.99. The van der Waals surface area contributed by atoms with E-state index in [0.717, 1.165) is 18.8 Å². The van der Waals surface area contributed by atoms with Gasteiger partial charge in [-0.25, -0.2) is 0 Å². The van der Waals surface area contributed by atoms with Gasteiger partial charge in [0.25, 0.3) is 0 Å². The molecule has 0 aliphatic heterocycles. The maximum atomic E-state index is 9.78. The minimum Gasteiger partial charge on any atom is -0.491 e. The molecule has 1 unspecified atom stereocenters. The van der Waals surface area contributed by atoms with Crippen LogP contribution in [0.5, 0.6) is 5.75 Å². The lowest BCUT2D eigenvalue weighted by atomic mass is 10.2. The third-order valence-corrected chi connectivity index (χ3v) is 4.84. The van der Waals surface area contributed by atoms with E-state index in [-0.39, 0.29) is 6.61 Å². The predicted octanol–water partition coefficient (Wildman–Crippen LogP) is 3.48. The Hall–Kier alpha value is -0.843. The lowest BCUT2D eigenvalue weighted by Gasteiger charge is -2.16. The van der Waals surface area contributed by atoms with E-state index in [9.17, 15) is 5.11 Å². The molecular weight excluding hydrogens is 268 g/mol. The first-order chi connectivity index (χ1) is 9.37. The Morgan fingerprint density at radius 1 is 1.10 bits per heavy atom. The molecule has 0 aromatic heterocycles. The van der Waals surface area contributed by atoms with Gasteiger partial charge in [0.05, 0.1) is 6.61 Å². The van der Waals surface area contributed by atoms with Gasteiger partial charge in [-0.05, 0) is 25.5 Å². The first kappa shape index (κ1) is 17.2. The number of hydrogen-bond donors (Lipinski definition) is 1. The van der Waals surface area contributed by atoms with Crippen LogP contribution >= 0.6 is 0 Å². The zero-order valence-electron chi connectivity index (χ0n) is 13.2. The van der Waals surface area contributed by atoms with Gasteiger partial charge in [-0.15, -0.1) is 0 Å². The van der Waals surface area contributed by atoms with Gasteiger partial charge in [0.2, 0.25) is 0 Å². The largest absolute Gasteiger partial charge is 0.491 e. The van der Waals surface area contributed by atoms with Crippen LogP contribution in [0.25, 0.3) is 0 Å². The van der Waals surface area contributed by atoms with Crippen LogP contribution in [0.3, 0.4) is 0 Å². The first-order valence-corrected chi connectivity index (χ1v) is 11.0. The van der Waals surface area contributed by atoms with Crippen molar-refractivity contribution in [2.24, 2.45) is 0 Å². The van der Waals surface area contributed by atoms with E-state index in [1.165, 1.54) is 11.6 Å². The Morgan fingerprint density at radius 2 is 1.75 bits per heavy atom. The zero-order chi connectivity index (χ0) is 15.0. The molecule has 114 valence electrons. The van der Waals surface area contributed by atoms with Crippen molar-refractivity contribution in [1.82, 2.24) is 0 Å². The molecule has 4 heteroatoms. The van der Waals surface area contributed by atoms with Gasteiger partial charge in [0.15, 0.2) is 0 Å². The van der Waals surface area contributed by atoms with E-state index in [0.29, 0.717) is 6.61 Å². The Morgan fingerprint density at radius 3 is 2.35 bits per heavy atom. The Labute approximate surface area is 123 Å². The van der Waals surface area contributed by atoms with Gasteiger partial charge in [-0.1, -0.05) is 43.4 Å². The fraction of sp³-hybridized carbons (Fsp3) is 0.625. The van der Waals surface area contributed by atoms with Crippen molar-refractivity contribution >= 4 is 8.07 Å². The van der Waals surface area contributed by atoms with Crippen molar-refractivity contribution in [3.05, 3.63) is 29.8 Å². The molecular formula is C16H28O3Si. The molecule has 0 heterocycles. The van der Waals surface area contributed by atoms with E-state index in [4.69, 9.17) is 9.47 Å². The first-order valence-electron chi connectivity index (χ1n) is 7.32. The van der Waals surface area contributed by atoms with Gasteiger partial charge >= 0.3 is 0 Å². The summed E-state index contributed by atoms with van der Waals surface area (Å²) in [5, 5.41) is 9.78. The van der Waals surface area contributed by atoms with Gasteiger partial charge in [-0.2, -0.15) is 0 Å². The van der Waals surface area contributed by atoms with E-state index < -0.39 is 14.2 Å². The second-order valence-corrected chi connectivity index (χ2v) is 12.1. The van der Waals surface area contributed by atoms with Crippen molar-refractivity contribution in [3.63, 3.8) is 0 Å². The third kappa shape index (κ3) is 8.35. The molecule has 0 spiro atoms. The van der Waals surface area contributed by atoms with Crippen molar-refractivity contribution in [3.8, 4) is 5.75 Å². The van der Waals surface area contributed by atoms with Crippen molar-refractivity contribution in [2.75, 3.05) is 19.8 Å². The number of aliphatic hydroxyl groups excluding tert-OH is 1. The highest BCUT2D eigenvalue weighted by molar-refractivity contribution is 6.76. The summed E-state index contributed by atoms with van der Waals surface area (Å²) in [6, 6.07) is 9.08. The molecule has 0 radical (unpaired) electrons.